The van der Waals surface area contributed by atoms with Crippen molar-refractivity contribution in [2.24, 2.45) is 0 Å². The van der Waals surface area contributed by atoms with Gasteiger partial charge in [0.1, 0.15) is 5.75 Å². The number of aromatic nitrogens is 2. The van der Waals surface area contributed by atoms with E-state index in [0.29, 0.717) is 12.2 Å². The molecule has 0 saturated heterocycles. The molecule has 0 saturated carbocycles. The summed E-state index contributed by atoms with van der Waals surface area (Å²) in [6.07, 6.45) is 3.48. The second kappa shape index (κ2) is 4.14. The Hall–Kier alpha value is -1.81. The van der Waals surface area contributed by atoms with E-state index in [-0.39, 0.29) is 12.4 Å². The SMILES string of the molecule is OCc1cn(Cc2ccc(O)cc2)cn1. The van der Waals surface area contributed by atoms with Crippen LogP contribution in [0.1, 0.15) is 11.3 Å². The summed E-state index contributed by atoms with van der Waals surface area (Å²) < 4.78 is 1.89. The fourth-order valence-corrected chi connectivity index (χ4v) is 1.39. The fraction of sp³-hybridized carbons (Fsp3) is 0.182. The first kappa shape index (κ1) is 9.73. The summed E-state index contributed by atoms with van der Waals surface area (Å²) in [7, 11) is 0. The summed E-state index contributed by atoms with van der Waals surface area (Å²) in [5, 5.41) is 18.0. The molecule has 0 atom stereocenters. The van der Waals surface area contributed by atoms with Crippen molar-refractivity contribution < 1.29 is 10.2 Å². The molecule has 1 aromatic heterocycles. The third-order valence-electron chi connectivity index (χ3n) is 2.15. The summed E-state index contributed by atoms with van der Waals surface area (Å²) in [6.45, 7) is 0.649. The van der Waals surface area contributed by atoms with Gasteiger partial charge < -0.3 is 14.8 Å². The van der Waals surface area contributed by atoms with Gasteiger partial charge in [-0.2, -0.15) is 0 Å². The molecular weight excluding hydrogens is 192 g/mol. The zero-order valence-corrected chi connectivity index (χ0v) is 8.17. The van der Waals surface area contributed by atoms with Crippen LogP contribution in [0.25, 0.3) is 0 Å². The molecule has 0 bridgehead atoms. The fourth-order valence-electron chi connectivity index (χ4n) is 1.39. The van der Waals surface area contributed by atoms with Crippen LogP contribution >= 0.6 is 0 Å². The maximum Gasteiger partial charge on any atom is 0.115 e. The highest BCUT2D eigenvalue weighted by molar-refractivity contribution is 5.26. The van der Waals surface area contributed by atoms with Gasteiger partial charge in [0.2, 0.25) is 0 Å². The molecule has 0 amide bonds. The maximum absolute atomic E-state index is 9.11. The molecule has 0 aliphatic carbocycles. The number of aliphatic hydroxyl groups excluding tert-OH is 1. The highest BCUT2D eigenvalue weighted by Gasteiger charge is 1.98. The zero-order chi connectivity index (χ0) is 10.7. The summed E-state index contributed by atoms with van der Waals surface area (Å²) in [5.74, 6) is 0.264. The Bertz CT molecular complexity index is 434. The molecule has 0 spiro atoms. The third kappa shape index (κ3) is 2.35. The van der Waals surface area contributed by atoms with Gasteiger partial charge in [0.15, 0.2) is 0 Å². The molecule has 0 unspecified atom stereocenters. The number of hydrogen-bond acceptors (Lipinski definition) is 3. The van der Waals surface area contributed by atoms with E-state index in [2.05, 4.69) is 4.98 Å². The van der Waals surface area contributed by atoms with Crippen LogP contribution in [0.5, 0.6) is 5.75 Å². The van der Waals surface area contributed by atoms with E-state index in [9.17, 15) is 0 Å². The quantitative estimate of drug-likeness (QED) is 0.788. The summed E-state index contributed by atoms with van der Waals surface area (Å²) in [5.41, 5.74) is 1.74. The van der Waals surface area contributed by atoms with E-state index in [1.165, 1.54) is 0 Å². The van der Waals surface area contributed by atoms with E-state index in [1.807, 2.05) is 16.7 Å². The number of aromatic hydroxyl groups is 1. The summed E-state index contributed by atoms with van der Waals surface area (Å²) >= 11 is 0. The molecule has 2 rings (SSSR count). The highest BCUT2D eigenvalue weighted by atomic mass is 16.3. The standard InChI is InChI=1S/C11H12N2O2/c14-7-10-6-13(8-12-10)5-9-1-3-11(15)4-2-9/h1-4,6,8,14-15H,5,7H2. The van der Waals surface area contributed by atoms with Gasteiger partial charge >= 0.3 is 0 Å². The smallest absolute Gasteiger partial charge is 0.115 e. The van der Waals surface area contributed by atoms with Crippen molar-refractivity contribution in [1.82, 2.24) is 9.55 Å². The number of aliphatic hydroxyl groups is 1. The Labute approximate surface area is 87.4 Å². The Morgan fingerprint density at radius 1 is 1.20 bits per heavy atom. The average Bonchev–Trinajstić information content (AvgIpc) is 2.69. The van der Waals surface area contributed by atoms with Crippen LogP contribution < -0.4 is 0 Å². The first-order valence-electron chi connectivity index (χ1n) is 4.67. The van der Waals surface area contributed by atoms with Gasteiger partial charge in [-0.05, 0) is 17.7 Å². The molecule has 1 aromatic carbocycles. The van der Waals surface area contributed by atoms with Crippen molar-refractivity contribution in [3.63, 3.8) is 0 Å². The van der Waals surface area contributed by atoms with Crippen molar-refractivity contribution in [3.05, 3.63) is 48.0 Å². The number of rotatable bonds is 3. The Morgan fingerprint density at radius 3 is 2.53 bits per heavy atom. The average molecular weight is 204 g/mol. The van der Waals surface area contributed by atoms with Crippen LogP contribution in [0, 0.1) is 0 Å². The maximum atomic E-state index is 9.11. The van der Waals surface area contributed by atoms with Gasteiger partial charge in [0.05, 0.1) is 18.6 Å². The van der Waals surface area contributed by atoms with Gasteiger partial charge in [-0.3, -0.25) is 0 Å². The van der Waals surface area contributed by atoms with Crippen molar-refractivity contribution in [2.45, 2.75) is 13.2 Å². The molecule has 4 heteroatoms. The lowest BCUT2D eigenvalue weighted by Gasteiger charge is -2.01. The molecule has 2 aromatic rings. The van der Waals surface area contributed by atoms with E-state index >= 15 is 0 Å². The van der Waals surface area contributed by atoms with Gasteiger partial charge in [-0.15, -0.1) is 0 Å². The van der Waals surface area contributed by atoms with Gasteiger partial charge in [0.25, 0.3) is 0 Å². The Morgan fingerprint density at radius 2 is 1.93 bits per heavy atom. The van der Waals surface area contributed by atoms with Crippen LogP contribution in [0.4, 0.5) is 0 Å². The molecule has 0 aliphatic rings. The molecule has 2 N–H and O–H groups in total. The Kier molecular flexibility index (Phi) is 2.69. The molecule has 0 aliphatic heterocycles. The van der Waals surface area contributed by atoms with E-state index in [0.717, 1.165) is 5.56 Å². The lowest BCUT2D eigenvalue weighted by atomic mass is 10.2. The zero-order valence-electron chi connectivity index (χ0n) is 8.17. The van der Waals surface area contributed by atoms with Crippen molar-refractivity contribution in [2.75, 3.05) is 0 Å². The molecule has 0 fully saturated rings. The van der Waals surface area contributed by atoms with Crippen molar-refractivity contribution in [1.29, 1.82) is 0 Å². The number of phenols is 1. The summed E-state index contributed by atoms with van der Waals surface area (Å²) in [6, 6.07) is 7.01. The second-order valence-electron chi connectivity index (χ2n) is 3.36. The number of hydrogen-bond donors (Lipinski definition) is 2. The van der Waals surface area contributed by atoms with Crippen molar-refractivity contribution >= 4 is 0 Å². The van der Waals surface area contributed by atoms with Gasteiger partial charge in [-0.1, -0.05) is 12.1 Å². The first-order chi connectivity index (χ1) is 7.28. The number of benzene rings is 1. The molecule has 4 nitrogen and oxygen atoms in total. The predicted molar refractivity (Wildman–Crippen MR) is 55.4 cm³/mol. The second-order valence-corrected chi connectivity index (χ2v) is 3.36. The number of nitrogens with zero attached hydrogens (tertiary/aromatic N) is 2. The van der Waals surface area contributed by atoms with Crippen LogP contribution in [0.2, 0.25) is 0 Å². The molecular formula is C11H12N2O2. The monoisotopic (exact) mass is 204 g/mol. The normalized spacial score (nSPS) is 10.5. The van der Waals surface area contributed by atoms with Crippen LogP contribution in [-0.2, 0) is 13.2 Å². The van der Waals surface area contributed by atoms with Crippen LogP contribution in [-0.4, -0.2) is 19.8 Å². The van der Waals surface area contributed by atoms with Gasteiger partial charge in [0, 0.05) is 12.7 Å². The van der Waals surface area contributed by atoms with Crippen LogP contribution in [0.3, 0.4) is 0 Å². The largest absolute Gasteiger partial charge is 0.508 e. The van der Waals surface area contributed by atoms with E-state index in [4.69, 9.17) is 10.2 Å². The molecule has 78 valence electrons. The van der Waals surface area contributed by atoms with E-state index < -0.39 is 0 Å². The Balaban J connectivity index is 2.11. The highest BCUT2D eigenvalue weighted by Crippen LogP contribution is 2.11. The molecule has 0 radical (unpaired) electrons. The van der Waals surface area contributed by atoms with Gasteiger partial charge in [-0.25, -0.2) is 4.98 Å². The summed E-state index contributed by atoms with van der Waals surface area (Å²) in [4.78, 5) is 4.01. The molecule has 15 heavy (non-hydrogen) atoms. The number of imidazole rings is 1. The minimum Gasteiger partial charge on any atom is -0.508 e. The predicted octanol–water partition coefficient (Wildman–Crippen LogP) is 1.13. The topological polar surface area (TPSA) is 58.3 Å². The minimum absolute atomic E-state index is 0.0391. The van der Waals surface area contributed by atoms with Crippen LogP contribution in [0.15, 0.2) is 36.8 Å². The van der Waals surface area contributed by atoms with E-state index in [1.54, 1.807) is 24.7 Å². The minimum atomic E-state index is -0.0391. The third-order valence-corrected chi connectivity index (χ3v) is 2.15. The first-order valence-corrected chi connectivity index (χ1v) is 4.67. The molecule has 1 heterocycles. The lowest BCUT2D eigenvalue weighted by Crippen LogP contribution is -1.95. The lowest BCUT2D eigenvalue weighted by molar-refractivity contribution is 0.277. The van der Waals surface area contributed by atoms with Crippen molar-refractivity contribution in [3.8, 4) is 5.75 Å². The number of phenolic OH excluding ortho intramolecular Hbond substituents is 1.